The first-order valence-corrected chi connectivity index (χ1v) is 24.5. The number of rotatable bonds is 9. The lowest BCUT2D eigenvalue weighted by molar-refractivity contribution is 0.473. The van der Waals surface area contributed by atoms with E-state index in [2.05, 4.69) is 224 Å². The average Bonchev–Trinajstić information content (AvgIpc) is 4.02. The van der Waals surface area contributed by atoms with Crippen molar-refractivity contribution in [1.29, 1.82) is 0 Å². The van der Waals surface area contributed by atoms with Crippen molar-refractivity contribution in [3.63, 3.8) is 0 Å². The third kappa shape index (κ3) is 6.92. The third-order valence-corrected chi connectivity index (χ3v) is 14.4. The van der Waals surface area contributed by atoms with Crippen molar-refractivity contribution in [3.05, 3.63) is 247 Å². The Morgan fingerprint density at radius 2 is 0.806 bits per heavy atom. The molecule has 11 aromatic carbocycles. The summed E-state index contributed by atoms with van der Waals surface area (Å²) in [6.45, 7) is 6.21. The fourth-order valence-electron chi connectivity index (χ4n) is 10.9. The Balaban J connectivity index is 1.14. The van der Waals surface area contributed by atoms with Crippen molar-refractivity contribution < 1.29 is 13.9 Å². The molecule has 13 aromatic rings. The highest BCUT2D eigenvalue weighted by atomic mass is 16.3. The van der Waals surface area contributed by atoms with Crippen molar-refractivity contribution >= 4 is 88.8 Å². The molecule has 5 nitrogen and oxygen atoms in total. The van der Waals surface area contributed by atoms with Gasteiger partial charge in [-0.25, -0.2) is 0 Å². The first-order chi connectivity index (χ1) is 35.4. The summed E-state index contributed by atoms with van der Waals surface area (Å²) in [5.74, 6) is 0.275. The van der Waals surface area contributed by atoms with E-state index in [4.69, 9.17) is 8.83 Å². The molecule has 0 aliphatic heterocycles. The maximum atomic E-state index is 11.6. The van der Waals surface area contributed by atoms with Gasteiger partial charge in [-0.15, -0.1) is 0 Å². The lowest BCUT2D eigenvalue weighted by Crippen LogP contribution is -2.15. The number of hydrogen-bond donors (Lipinski definition) is 1. The second kappa shape index (κ2) is 17.3. The van der Waals surface area contributed by atoms with Crippen LogP contribution in [0.5, 0.6) is 5.75 Å². The third-order valence-electron chi connectivity index (χ3n) is 14.4. The minimum absolute atomic E-state index is 0.275. The highest BCUT2D eigenvalue weighted by Gasteiger charge is 2.31. The fraction of sp³-hybridized carbons (Fsp3) is 0.0448. The fourth-order valence-corrected chi connectivity index (χ4v) is 10.9. The second-order valence-electron chi connectivity index (χ2n) is 18.7. The molecular formula is C67H48N2O3. The molecule has 0 atom stereocenters. The largest absolute Gasteiger partial charge is 0.507 e. The summed E-state index contributed by atoms with van der Waals surface area (Å²) in [5.41, 5.74) is 18.0. The molecule has 0 aliphatic carbocycles. The van der Waals surface area contributed by atoms with Gasteiger partial charge in [0.1, 0.15) is 16.9 Å². The summed E-state index contributed by atoms with van der Waals surface area (Å²) in [5, 5.41) is 17.7. The van der Waals surface area contributed by atoms with Crippen molar-refractivity contribution in [2.75, 3.05) is 9.80 Å². The van der Waals surface area contributed by atoms with Crippen molar-refractivity contribution in [1.82, 2.24) is 0 Å². The predicted octanol–water partition coefficient (Wildman–Crippen LogP) is 19.2. The Kier molecular flexibility index (Phi) is 10.3. The van der Waals surface area contributed by atoms with Crippen LogP contribution in [0, 0.1) is 20.8 Å². The topological polar surface area (TPSA) is 53.0 Å². The minimum Gasteiger partial charge on any atom is -0.507 e. The van der Waals surface area contributed by atoms with Crippen molar-refractivity contribution in [3.8, 4) is 39.1 Å². The molecule has 0 unspecified atom stereocenters. The monoisotopic (exact) mass is 928 g/mol. The Morgan fingerprint density at radius 1 is 0.333 bits per heavy atom. The summed E-state index contributed by atoms with van der Waals surface area (Å²) in [6, 6.07) is 81.0. The van der Waals surface area contributed by atoms with E-state index in [9.17, 15) is 5.11 Å². The summed E-state index contributed by atoms with van der Waals surface area (Å²) >= 11 is 0. The summed E-state index contributed by atoms with van der Waals surface area (Å²) in [6.07, 6.45) is 0. The van der Waals surface area contributed by atoms with Crippen molar-refractivity contribution in [2.24, 2.45) is 0 Å². The molecule has 344 valence electrons. The van der Waals surface area contributed by atoms with Gasteiger partial charge in [0.15, 0.2) is 11.2 Å². The number of phenols is 1. The SMILES string of the molecule is Cc1cccc(-c2cccc(N(c3ccc(-c4ccccc4)cc3)c3c4ccccc4c(N(c4ccc(-c5ccccc5)cc4)c4cccc5c4oc4c(C)cccc45)c4c3oc3ccccc34)c2C)c1O. The molecule has 0 aliphatic rings. The zero-order valence-electron chi connectivity index (χ0n) is 40.1. The molecule has 0 radical (unpaired) electrons. The van der Waals surface area contributed by atoms with Crippen LogP contribution in [0.1, 0.15) is 16.7 Å². The predicted molar refractivity (Wildman–Crippen MR) is 300 cm³/mol. The van der Waals surface area contributed by atoms with Gasteiger partial charge < -0.3 is 23.7 Å². The number of fused-ring (bicyclic) bond motifs is 7. The Hall–Kier alpha value is -9.32. The number of aryl methyl sites for hydroxylation is 2. The zero-order chi connectivity index (χ0) is 48.5. The van der Waals surface area contributed by atoms with E-state index in [1.807, 2.05) is 37.3 Å². The van der Waals surface area contributed by atoms with Gasteiger partial charge >= 0.3 is 0 Å². The molecule has 13 rings (SSSR count). The van der Waals surface area contributed by atoms with E-state index in [0.29, 0.717) is 0 Å². The van der Waals surface area contributed by atoms with Crippen molar-refractivity contribution in [2.45, 2.75) is 20.8 Å². The van der Waals surface area contributed by atoms with Crippen LogP contribution < -0.4 is 9.80 Å². The van der Waals surface area contributed by atoms with Crippen LogP contribution in [0.3, 0.4) is 0 Å². The van der Waals surface area contributed by atoms with Gasteiger partial charge in [0.05, 0.1) is 22.4 Å². The quantitative estimate of drug-likeness (QED) is 0.146. The average molecular weight is 929 g/mol. The van der Waals surface area contributed by atoms with Crippen LogP contribution in [-0.4, -0.2) is 5.11 Å². The number of hydrogen-bond acceptors (Lipinski definition) is 5. The van der Waals surface area contributed by atoms with Crippen LogP contribution in [0.4, 0.5) is 34.1 Å². The molecule has 0 saturated heterocycles. The molecule has 0 bridgehead atoms. The molecular weight excluding hydrogens is 881 g/mol. The normalized spacial score (nSPS) is 11.6. The Bertz CT molecular complexity index is 4190. The number of aromatic hydroxyl groups is 1. The van der Waals surface area contributed by atoms with Crippen LogP contribution >= 0.6 is 0 Å². The van der Waals surface area contributed by atoms with Crippen LogP contribution in [0.2, 0.25) is 0 Å². The van der Waals surface area contributed by atoms with Gasteiger partial charge in [-0.1, -0.05) is 188 Å². The maximum Gasteiger partial charge on any atom is 0.162 e. The summed E-state index contributed by atoms with van der Waals surface area (Å²) in [4.78, 5) is 4.75. The van der Waals surface area contributed by atoms with E-state index in [-0.39, 0.29) is 5.75 Å². The van der Waals surface area contributed by atoms with E-state index in [1.54, 1.807) is 0 Å². The van der Waals surface area contributed by atoms with E-state index in [0.717, 1.165) is 139 Å². The molecule has 2 aromatic heterocycles. The highest BCUT2D eigenvalue weighted by Crippen LogP contribution is 2.56. The first-order valence-electron chi connectivity index (χ1n) is 24.5. The molecule has 0 amide bonds. The first kappa shape index (κ1) is 42.8. The molecule has 72 heavy (non-hydrogen) atoms. The highest BCUT2D eigenvalue weighted by molar-refractivity contribution is 6.29. The van der Waals surface area contributed by atoms with E-state index < -0.39 is 0 Å². The van der Waals surface area contributed by atoms with Gasteiger partial charge in [0.25, 0.3) is 0 Å². The molecule has 0 spiro atoms. The van der Waals surface area contributed by atoms with Gasteiger partial charge in [0.2, 0.25) is 0 Å². The molecule has 0 saturated carbocycles. The zero-order valence-corrected chi connectivity index (χ0v) is 40.1. The molecule has 0 fully saturated rings. The number of furan rings is 2. The lowest BCUT2D eigenvalue weighted by atomic mass is 9.94. The van der Waals surface area contributed by atoms with Gasteiger partial charge in [-0.3, -0.25) is 0 Å². The van der Waals surface area contributed by atoms with Crippen LogP contribution in [0.25, 0.3) is 88.0 Å². The van der Waals surface area contributed by atoms with Gasteiger partial charge in [-0.2, -0.15) is 0 Å². The summed E-state index contributed by atoms with van der Waals surface area (Å²) in [7, 11) is 0. The van der Waals surface area contributed by atoms with Gasteiger partial charge in [-0.05, 0) is 108 Å². The minimum atomic E-state index is 0.275. The Labute approximate surface area is 417 Å². The second-order valence-corrected chi connectivity index (χ2v) is 18.7. The number of para-hydroxylation sites is 4. The molecule has 5 heteroatoms. The molecule has 2 heterocycles. The van der Waals surface area contributed by atoms with Gasteiger partial charge in [0, 0.05) is 49.6 Å². The van der Waals surface area contributed by atoms with Crippen LogP contribution in [-0.2, 0) is 0 Å². The maximum absolute atomic E-state index is 11.6. The lowest BCUT2D eigenvalue weighted by Gasteiger charge is -2.32. The number of nitrogens with zero attached hydrogens (tertiary/aromatic N) is 2. The Morgan fingerprint density at radius 3 is 1.47 bits per heavy atom. The smallest absolute Gasteiger partial charge is 0.162 e. The summed E-state index contributed by atoms with van der Waals surface area (Å²) < 4.78 is 14.4. The number of anilines is 6. The van der Waals surface area contributed by atoms with E-state index in [1.165, 1.54) is 0 Å². The van der Waals surface area contributed by atoms with E-state index >= 15 is 0 Å². The number of phenolic OH excluding ortho intramolecular Hbond substituents is 1. The number of benzene rings is 11. The standard InChI is InChI=1S/C67H48N2O3/c1-42-18-14-28-54(64(42)70)51-27-16-31-58(44(51)3)68(49-38-34-47(35-39-49)45-20-6-4-7-21-45)63-53-25-11-10-24-52(53)62(61-57-26-12-13-33-60(57)71-67(61)63)69(50-40-36-48(37-41-50)46-22-8-5-9-23-46)59-32-17-30-56-55-29-15-19-43(2)65(55)72-66(56)59/h4-41,70H,1-3H3. The molecule has 1 N–H and O–H groups in total. The van der Waals surface area contributed by atoms with Crippen LogP contribution in [0.15, 0.2) is 239 Å².